The van der Waals surface area contributed by atoms with E-state index in [1.54, 1.807) is 0 Å². The minimum atomic E-state index is -0.00374. The highest BCUT2D eigenvalue weighted by Gasteiger charge is 2.17. The number of rotatable bonds is 8. The molecule has 0 aromatic heterocycles. The largest absolute Gasteiger partial charge is 0.351 e. The second-order valence-electron chi connectivity index (χ2n) is 8.24. The zero-order chi connectivity index (χ0) is 23.0. The van der Waals surface area contributed by atoms with Crippen LogP contribution < -0.4 is 5.32 Å². The lowest BCUT2D eigenvalue weighted by Gasteiger charge is -2.28. The molecule has 1 radical (unpaired) electrons. The summed E-state index contributed by atoms with van der Waals surface area (Å²) in [5.74, 6) is 0.370. The predicted octanol–water partition coefficient (Wildman–Crippen LogP) is 6.40. The molecule has 1 aliphatic heterocycles. The third-order valence-corrected chi connectivity index (χ3v) is 8.42. The molecule has 0 spiro atoms. The summed E-state index contributed by atoms with van der Waals surface area (Å²) < 4.78 is 0. The normalized spacial score (nSPS) is 14.8. The molecule has 3 nitrogen and oxygen atoms in total. The van der Waals surface area contributed by atoms with E-state index in [0.29, 0.717) is 22.6 Å². The Kier molecular flexibility index (Phi) is 8.79. The van der Waals surface area contributed by atoms with Gasteiger partial charge in [-0.05, 0) is 86.1 Å². The lowest BCUT2D eigenvalue weighted by molar-refractivity contribution is -0.118. The molecule has 171 valence electrons. The maximum Gasteiger partial charge on any atom is 0.230 e. The van der Waals surface area contributed by atoms with Crippen LogP contribution in [0.25, 0.3) is 11.1 Å². The van der Waals surface area contributed by atoms with Crippen molar-refractivity contribution in [2.75, 3.05) is 25.9 Å². The quantitative estimate of drug-likeness (QED) is 0.366. The smallest absolute Gasteiger partial charge is 0.230 e. The number of halogens is 1. The maximum atomic E-state index is 12.2. The third kappa shape index (κ3) is 7.28. The molecular weight excluding hydrogens is 468 g/mol. The van der Waals surface area contributed by atoms with Crippen LogP contribution in [0.1, 0.15) is 18.4 Å². The zero-order valence-electron chi connectivity index (χ0n) is 18.7. The molecule has 3 aromatic rings. The van der Waals surface area contributed by atoms with E-state index in [4.69, 9.17) is 11.6 Å². The first kappa shape index (κ1) is 24.2. The lowest BCUT2D eigenvalue weighted by atomic mass is 10.1. The number of benzene rings is 3. The van der Waals surface area contributed by atoms with Crippen molar-refractivity contribution < 1.29 is 4.79 Å². The number of piperidine rings is 1. The molecule has 1 heterocycles. The van der Waals surface area contributed by atoms with Crippen molar-refractivity contribution in [2.24, 2.45) is 0 Å². The van der Waals surface area contributed by atoms with Crippen molar-refractivity contribution in [3.8, 4) is 11.1 Å². The molecule has 6 heteroatoms. The van der Waals surface area contributed by atoms with Crippen molar-refractivity contribution in [1.82, 2.24) is 10.2 Å². The Hall–Kier alpha value is -1.92. The molecular formula is C27H28ClN2OS2. The molecule has 0 unspecified atom stereocenters. The van der Waals surface area contributed by atoms with E-state index in [0.717, 1.165) is 21.6 Å². The summed E-state index contributed by atoms with van der Waals surface area (Å²) in [5, 5.41) is 4.30. The SMILES string of the molecule is CN1CCC(Sc2cc[c]c(-c3ccc(SCC(=O)NCc4ccccc4Cl)cc3)c2)CC1. The first-order chi connectivity index (χ1) is 16.1. The van der Waals surface area contributed by atoms with E-state index in [9.17, 15) is 4.79 Å². The topological polar surface area (TPSA) is 32.3 Å². The van der Waals surface area contributed by atoms with Gasteiger partial charge in [0.2, 0.25) is 5.91 Å². The van der Waals surface area contributed by atoms with Crippen LogP contribution in [0, 0.1) is 6.07 Å². The average molecular weight is 496 g/mol. The Morgan fingerprint density at radius 3 is 2.61 bits per heavy atom. The second kappa shape index (κ2) is 12.0. The summed E-state index contributed by atoms with van der Waals surface area (Å²) in [7, 11) is 2.20. The number of hydrogen-bond acceptors (Lipinski definition) is 4. The fourth-order valence-corrected chi connectivity index (χ4v) is 5.84. The Balaban J connectivity index is 1.28. The van der Waals surface area contributed by atoms with Crippen LogP contribution in [0.3, 0.4) is 0 Å². The molecule has 4 rings (SSSR count). The molecule has 1 saturated heterocycles. The van der Waals surface area contributed by atoms with E-state index in [-0.39, 0.29) is 5.91 Å². The number of carbonyl (C=O) groups is 1. The molecule has 0 bridgehead atoms. The Labute approximate surface area is 210 Å². The number of nitrogens with one attached hydrogen (secondary N) is 1. The number of nitrogens with zero attached hydrogens (tertiary/aromatic N) is 1. The first-order valence-electron chi connectivity index (χ1n) is 11.2. The summed E-state index contributed by atoms with van der Waals surface area (Å²) in [5.41, 5.74) is 3.18. The van der Waals surface area contributed by atoms with Crippen LogP contribution in [0.2, 0.25) is 5.02 Å². The van der Waals surface area contributed by atoms with Gasteiger partial charge < -0.3 is 10.2 Å². The van der Waals surface area contributed by atoms with Gasteiger partial charge in [0.15, 0.2) is 0 Å². The molecule has 3 aromatic carbocycles. The maximum absolute atomic E-state index is 12.2. The van der Waals surface area contributed by atoms with Crippen LogP contribution in [0.4, 0.5) is 0 Å². The van der Waals surface area contributed by atoms with Gasteiger partial charge in [-0.15, -0.1) is 23.5 Å². The highest BCUT2D eigenvalue weighted by atomic mass is 35.5. The number of amides is 1. The van der Waals surface area contributed by atoms with Gasteiger partial charge in [0.05, 0.1) is 5.75 Å². The summed E-state index contributed by atoms with van der Waals surface area (Å²) in [4.78, 5) is 17.0. The zero-order valence-corrected chi connectivity index (χ0v) is 21.1. The highest BCUT2D eigenvalue weighted by Crippen LogP contribution is 2.33. The Morgan fingerprint density at radius 1 is 1.09 bits per heavy atom. The third-order valence-electron chi connectivity index (χ3n) is 5.71. The average Bonchev–Trinajstić information content (AvgIpc) is 2.84. The summed E-state index contributed by atoms with van der Waals surface area (Å²) in [6.07, 6.45) is 2.49. The Bertz CT molecular complexity index is 1070. The Morgan fingerprint density at radius 2 is 1.85 bits per heavy atom. The van der Waals surface area contributed by atoms with Crippen LogP contribution in [0.15, 0.2) is 76.5 Å². The summed E-state index contributed by atoms with van der Waals surface area (Å²) in [6, 6.07) is 25.7. The number of hydrogen-bond donors (Lipinski definition) is 1. The summed E-state index contributed by atoms with van der Waals surface area (Å²) >= 11 is 9.67. The fraction of sp³-hybridized carbons (Fsp3) is 0.296. The van der Waals surface area contributed by atoms with Gasteiger partial charge in [0.25, 0.3) is 0 Å². The van der Waals surface area contributed by atoms with Crippen LogP contribution in [-0.4, -0.2) is 41.9 Å². The van der Waals surface area contributed by atoms with E-state index in [2.05, 4.69) is 59.7 Å². The van der Waals surface area contributed by atoms with Gasteiger partial charge in [0.1, 0.15) is 0 Å². The van der Waals surface area contributed by atoms with Crippen molar-refractivity contribution >= 4 is 41.0 Å². The van der Waals surface area contributed by atoms with Crippen molar-refractivity contribution in [1.29, 1.82) is 0 Å². The molecule has 1 fully saturated rings. The number of likely N-dealkylation sites (tertiary alicyclic amines) is 1. The van der Waals surface area contributed by atoms with Gasteiger partial charge in [-0.2, -0.15) is 0 Å². The van der Waals surface area contributed by atoms with Crippen LogP contribution in [-0.2, 0) is 11.3 Å². The lowest BCUT2D eigenvalue weighted by Crippen LogP contribution is -2.31. The second-order valence-corrected chi connectivity index (χ2v) is 11.1. The van der Waals surface area contributed by atoms with E-state index < -0.39 is 0 Å². The van der Waals surface area contributed by atoms with E-state index in [1.165, 1.54) is 42.6 Å². The van der Waals surface area contributed by atoms with Gasteiger partial charge >= 0.3 is 0 Å². The van der Waals surface area contributed by atoms with Crippen molar-refractivity contribution in [3.63, 3.8) is 0 Å². The van der Waals surface area contributed by atoms with Gasteiger partial charge in [0, 0.05) is 26.6 Å². The highest BCUT2D eigenvalue weighted by molar-refractivity contribution is 8.00. The monoisotopic (exact) mass is 495 g/mol. The van der Waals surface area contributed by atoms with E-state index >= 15 is 0 Å². The predicted molar refractivity (Wildman–Crippen MR) is 141 cm³/mol. The minimum Gasteiger partial charge on any atom is -0.351 e. The molecule has 0 aliphatic carbocycles. The molecule has 33 heavy (non-hydrogen) atoms. The summed E-state index contributed by atoms with van der Waals surface area (Å²) in [6.45, 7) is 2.81. The van der Waals surface area contributed by atoms with Crippen LogP contribution in [0.5, 0.6) is 0 Å². The van der Waals surface area contributed by atoms with Crippen molar-refractivity contribution in [3.05, 3.63) is 83.4 Å². The number of carbonyl (C=O) groups excluding carboxylic acids is 1. The van der Waals surface area contributed by atoms with Gasteiger partial charge in [-0.1, -0.05) is 48.0 Å². The molecule has 1 N–H and O–H groups in total. The van der Waals surface area contributed by atoms with Gasteiger partial charge in [-0.25, -0.2) is 0 Å². The first-order valence-corrected chi connectivity index (χ1v) is 13.4. The van der Waals surface area contributed by atoms with Crippen molar-refractivity contribution in [2.45, 2.75) is 34.4 Å². The molecule has 1 amide bonds. The molecule has 0 saturated carbocycles. The standard InChI is InChI=1S/C27H28ClN2OS2/c1-30-15-13-24(14-16-30)33-25-7-4-6-21(17-25)20-9-11-23(12-10-20)32-19-27(31)29-18-22-5-2-3-8-26(22)28/h2-5,7-12,17,24H,13-16,18-19H2,1H3,(H,29,31). The fourth-order valence-electron chi connectivity index (χ4n) is 3.75. The van der Waals surface area contributed by atoms with Crippen LogP contribution >= 0.6 is 35.1 Å². The van der Waals surface area contributed by atoms with E-state index in [1.807, 2.05) is 42.1 Å². The molecule has 0 atom stereocenters. The van der Waals surface area contributed by atoms with Gasteiger partial charge in [-0.3, -0.25) is 4.79 Å². The number of thioether (sulfide) groups is 2. The molecule has 1 aliphatic rings. The minimum absolute atomic E-state index is 0.00374.